The fourth-order valence-electron chi connectivity index (χ4n) is 4.31. The minimum atomic E-state index is 0.332. The van der Waals surface area contributed by atoms with E-state index in [1.165, 1.54) is 11.1 Å². The van der Waals surface area contributed by atoms with Crippen LogP contribution < -0.4 is 0 Å². The molecular weight excluding hydrogens is 300 g/mol. The summed E-state index contributed by atoms with van der Waals surface area (Å²) in [5, 5.41) is 0. The van der Waals surface area contributed by atoms with Crippen molar-refractivity contribution in [2.45, 2.75) is 25.6 Å². The normalized spacial score (nSPS) is 25.5. The van der Waals surface area contributed by atoms with E-state index in [2.05, 4.69) is 50.9 Å². The van der Waals surface area contributed by atoms with Crippen molar-refractivity contribution in [1.82, 2.24) is 19.6 Å². The highest BCUT2D eigenvalue weighted by molar-refractivity contribution is 5.76. The first-order valence-electron chi connectivity index (χ1n) is 9.18. The molecule has 2 saturated heterocycles. The van der Waals surface area contributed by atoms with E-state index >= 15 is 0 Å². The summed E-state index contributed by atoms with van der Waals surface area (Å²) in [6.07, 6.45) is 0.649. The van der Waals surface area contributed by atoms with Gasteiger partial charge >= 0.3 is 0 Å². The van der Waals surface area contributed by atoms with Gasteiger partial charge < -0.3 is 9.80 Å². The Kier molecular flexibility index (Phi) is 4.57. The van der Waals surface area contributed by atoms with Crippen LogP contribution in [0.5, 0.6) is 0 Å². The molecule has 1 atom stereocenters. The van der Waals surface area contributed by atoms with Crippen LogP contribution in [0, 0.1) is 0 Å². The molecule has 5 nitrogen and oxygen atoms in total. The predicted octanol–water partition coefficient (Wildman–Crippen LogP) is 0.851. The molecule has 0 unspecified atom stereocenters. The first-order chi connectivity index (χ1) is 11.7. The lowest BCUT2D eigenvalue weighted by atomic mass is 10.1. The number of carbonyl (C=O) groups excluding carboxylic acids is 1. The van der Waals surface area contributed by atoms with E-state index in [-0.39, 0.29) is 0 Å². The van der Waals surface area contributed by atoms with Gasteiger partial charge in [0.05, 0.1) is 0 Å². The van der Waals surface area contributed by atoms with Gasteiger partial charge in [-0.2, -0.15) is 0 Å². The molecule has 1 aromatic rings. The van der Waals surface area contributed by atoms with Crippen molar-refractivity contribution < 1.29 is 4.79 Å². The van der Waals surface area contributed by atoms with Crippen LogP contribution >= 0.6 is 0 Å². The molecule has 0 bridgehead atoms. The van der Waals surface area contributed by atoms with Gasteiger partial charge in [0.2, 0.25) is 5.91 Å². The lowest BCUT2D eigenvalue weighted by Gasteiger charge is -2.46. The number of nitrogens with zero attached hydrogens (tertiary/aromatic N) is 4. The van der Waals surface area contributed by atoms with Crippen molar-refractivity contribution in [3.63, 3.8) is 0 Å². The molecule has 0 saturated carbocycles. The number of fused-ring (bicyclic) bond motifs is 2. The second kappa shape index (κ2) is 6.82. The maximum absolute atomic E-state index is 12.7. The number of likely N-dealkylation sites (N-methyl/N-ethyl adjacent to an activating group) is 1. The molecule has 4 rings (SSSR count). The van der Waals surface area contributed by atoms with E-state index in [1.54, 1.807) is 0 Å². The number of benzene rings is 1. The van der Waals surface area contributed by atoms with Gasteiger partial charge in [0.1, 0.15) is 0 Å². The lowest BCUT2D eigenvalue weighted by Crippen LogP contribution is -2.62. The van der Waals surface area contributed by atoms with E-state index in [9.17, 15) is 4.79 Å². The average molecular weight is 328 g/mol. The maximum Gasteiger partial charge on any atom is 0.223 e. The predicted molar refractivity (Wildman–Crippen MR) is 94.6 cm³/mol. The third kappa shape index (κ3) is 3.34. The minimum Gasteiger partial charge on any atom is -0.340 e. The van der Waals surface area contributed by atoms with Gasteiger partial charge in [-0.05, 0) is 18.2 Å². The molecule has 0 radical (unpaired) electrons. The second-order valence-electron chi connectivity index (χ2n) is 7.52. The van der Waals surface area contributed by atoms with Crippen molar-refractivity contribution in [2.75, 3.05) is 52.9 Å². The zero-order valence-corrected chi connectivity index (χ0v) is 14.7. The largest absolute Gasteiger partial charge is 0.340 e. The lowest BCUT2D eigenvalue weighted by molar-refractivity contribution is -0.135. The second-order valence-corrected chi connectivity index (χ2v) is 7.52. The Morgan fingerprint density at radius 1 is 1.04 bits per heavy atom. The third-order valence-corrected chi connectivity index (χ3v) is 5.80. The Bertz CT molecular complexity index is 580. The number of hydrogen-bond acceptors (Lipinski definition) is 4. The van der Waals surface area contributed by atoms with Crippen LogP contribution in [-0.2, 0) is 17.9 Å². The number of rotatable bonds is 3. The SMILES string of the molecule is CN1CCN2CCN(C(=O)CCN3Cc4ccccc4C3)C[C@@H]2C1. The van der Waals surface area contributed by atoms with Crippen LogP contribution in [0.2, 0.25) is 0 Å². The number of piperazine rings is 2. The molecule has 0 aromatic heterocycles. The highest BCUT2D eigenvalue weighted by Crippen LogP contribution is 2.22. The smallest absolute Gasteiger partial charge is 0.223 e. The summed E-state index contributed by atoms with van der Waals surface area (Å²) in [4.78, 5) is 22.1. The van der Waals surface area contributed by atoms with Gasteiger partial charge in [-0.3, -0.25) is 14.6 Å². The monoisotopic (exact) mass is 328 g/mol. The fraction of sp³-hybridized carbons (Fsp3) is 0.632. The van der Waals surface area contributed by atoms with E-state index < -0.39 is 0 Å². The highest BCUT2D eigenvalue weighted by Gasteiger charge is 2.32. The Labute approximate surface area is 144 Å². The molecule has 1 aromatic carbocycles. The van der Waals surface area contributed by atoms with Crippen molar-refractivity contribution in [3.8, 4) is 0 Å². The molecule has 1 amide bonds. The summed E-state index contributed by atoms with van der Waals surface area (Å²) in [7, 11) is 2.18. The highest BCUT2D eigenvalue weighted by atomic mass is 16.2. The third-order valence-electron chi connectivity index (χ3n) is 5.80. The van der Waals surface area contributed by atoms with Crippen LogP contribution in [-0.4, -0.2) is 84.4 Å². The van der Waals surface area contributed by atoms with E-state index in [0.717, 1.165) is 58.9 Å². The average Bonchev–Trinajstić information content (AvgIpc) is 3.02. The quantitative estimate of drug-likeness (QED) is 0.823. The van der Waals surface area contributed by atoms with Crippen molar-refractivity contribution in [3.05, 3.63) is 35.4 Å². The number of carbonyl (C=O) groups is 1. The molecule has 3 heterocycles. The molecule has 130 valence electrons. The molecule has 5 heteroatoms. The zero-order valence-electron chi connectivity index (χ0n) is 14.7. The van der Waals surface area contributed by atoms with Gasteiger partial charge in [-0.1, -0.05) is 24.3 Å². The Hall–Kier alpha value is -1.43. The van der Waals surface area contributed by atoms with Crippen molar-refractivity contribution in [2.24, 2.45) is 0 Å². The Balaban J connectivity index is 1.27. The molecule has 3 aliphatic rings. The molecule has 0 aliphatic carbocycles. The zero-order chi connectivity index (χ0) is 16.5. The van der Waals surface area contributed by atoms with Crippen LogP contribution in [0.25, 0.3) is 0 Å². The summed E-state index contributed by atoms with van der Waals surface area (Å²) in [6, 6.07) is 9.14. The van der Waals surface area contributed by atoms with Crippen molar-refractivity contribution >= 4 is 5.91 Å². The molecule has 2 fully saturated rings. The first kappa shape index (κ1) is 16.1. The minimum absolute atomic E-state index is 0.332. The van der Waals surface area contributed by atoms with E-state index in [0.29, 0.717) is 18.4 Å². The van der Waals surface area contributed by atoms with Crippen molar-refractivity contribution in [1.29, 1.82) is 0 Å². The summed E-state index contributed by atoms with van der Waals surface area (Å²) in [6.45, 7) is 9.09. The first-order valence-corrected chi connectivity index (χ1v) is 9.18. The van der Waals surface area contributed by atoms with Gasteiger partial charge in [-0.25, -0.2) is 0 Å². The van der Waals surface area contributed by atoms with Crippen LogP contribution in [0.1, 0.15) is 17.5 Å². The number of amides is 1. The summed E-state index contributed by atoms with van der Waals surface area (Å²) in [5.41, 5.74) is 2.84. The van der Waals surface area contributed by atoms with Gasteiger partial charge in [-0.15, -0.1) is 0 Å². The topological polar surface area (TPSA) is 30.0 Å². The van der Waals surface area contributed by atoms with Crippen LogP contribution in [0.3, 0.4) is 0 Å². The van der Waals surface area contributed by atoms with E-state index in [4.69, 9.17) is 0 Å². The van der Waals surface area contributed by atoms with Gasteiger partial charge in [0, 0.05) is 71.4 Å². The molecular formula is C19H28N4O. The summed E-state index contributed by atoms with van der Waals surface area (Å²) >= 11 is 0. The van der Waals surface area contributed by atoms with Crippen LogP contribution in [0.4, 0.5) is 0 Å². The molecule has 3 aliphatic heterocycles. The van der Waals surface area contributed by atoms with Crippen LogP contribution in [0.15, 0.2) is 24.3 Å². The number of hydrogen-bond donors (Lipinski definition) is 0. The van der Waals surface area contributed by atoms with Gasteiger partial charge in [0.15, 0.2) is 0 Å². The molecule has 0 N–H and O–H groups in total. The fourth-order valence-corrected chi connectivity index (χ4v) is 4.31. The summed E-state index contributed by atoms with van der Waals surface area (Å²) < 4.78 is 0. The maximum atomic E-state index is 12.7. The molecule has 0 spiro atoms. The Morgan fingerprint density at radius 3 is 2.50 bits per heavy atom. The molecule has 24 heavy (non-hydrogen) atoms. The van der Waals surface area contributed by atoms with E-state index in [1.807, 2.05) is 0 Å². The standard InChI is InChI=1S/C19H28N4O/c1-20-8-9-22-10-11-23(15-18(22)14-20)19(24)6-7-21-12-16-4-2-3-5-17(16)13-21/h2-5,18H,6-15H2,1H3/t18-/m0/s1. The van der Waals surface area contributed by atoms with Gasteiger partial charge in [0.25, 0.3) is 0 Å². The summed E-state index contributed by atoms with van der Waals surface area (Å²) in [5.74, 6) is 0.332. The Morgan fingerprint density at radius 2 is 1.75 bits per heavy atom.